The van der Waals surface area contributed by atoms with Crippen molar-refractivity contribution >= 4 is 7.37 Å². The number of ether oxygens (including phenoxy) is 1. The van der Waals surface area contributed by atoms with Gasteiger partial charge in [-0.15, -0.1) is 0 Å². The molecule has 1 aromatic rings. The van der Waals surface area contributed by atoms with E-state index in [2.05, 4.69) is 0 Å². The SMILES string of the molecule is NCCc1ccc(OCP(=O)(O)C2CCCCC2)cc1. The smallest absolute Gasteiger partial charge is 0.239 e. The van der Waals surface area contributed by atoms with Crippen LogP contribution in [0.4, 0.5) is 0 Å². The highest BCUT2D eigenvalue weighted by atomic mass is 31.2. The van der Waals surface area contributed by atoms with Crippen molar-refractivity contribution in [2.24, 2.45) is 5.73 Å². The lowest BCUT2D eigenvalue weighted by atomic mass is 10.0. The van der Waals surface area contributed by atoms with E-state index < -0.39 is 7.37 Å². The molecule has 0 spiro atoms. The minimum Gasteiger partial charge on any atom is -0.484 e. The maximum Gasteiger partial charge on any atom is 0.239 e. The van der Waals surface area contributed by atoms with Gasteiger partial charge < -0.3 is 15.4 Å². The van der Waals surface area contributed by atoms with Gasteiger partial charge in [-0.3, -0.25) is 4.57 Å². The van der Waals surface area contributed by atoms with Crippen molar-refractivity contribution in [1.82, 2.24) is 0 Å². The second kappa shape index (κ2) is 7.26. The molecule has 0 aromatic heterocycles. The Kier molecular flexibility index (Phi) is 5.64. The van der Waals surface area contributed by atoms with Gasteiger partial charge in [0.1, 0.15) is 5.75 Å². The molecule has 112 valence electrons. The van der Waals surface area contributed by atoms with E-state index in [0.717, 1.165) is 37.7 Å². The third kappa shape index (κ3) is 4.34. The number of hydrogen-bond acceptors (Lipinski definition) is 3. The Morgan fingerprint density at radius 2 is 1.85 bits per heavy atom. The minimum absolute atomic E-state index is 0.0755. The summed E-state index contributed by atoms with van der Waals surface area (Å²) >= 11 is 0. The van der Waals surface area contributed by atoms with Crippen LogP contribution >= 0.6 is 7.37 Å². The molecule has 1 unspecified atom stereocenters. The summed E-state index contributed by atoms with van der Waals surface area (Å²) in [5.74, 6) is 0.649. The Hall–Kier alpha value is -0.830. The first-order valence-corrected chi connectivity index (χ1v) is 9.26. The van der Waals surface area contributed by atoms with Gasteiger partial charge in [-0.1, -0.05) is 31.4 Å². The predicted octanol–water partition coefficient (Wildman–Crippen LogP) is 3.13. The van der Waals surface area contributed by atoms with Crippen molar-refractivity contribution in [3.05, 3.63) is 29.8 Å². The van der Waals surface area contributed by atoms with E-state index in [1.165, 1.54) is 6.42 Å². The van der Waals surface area contributed by atoms with E-state index in [0.29, 0.717) is 12.3 Å². The molecular formula is C15H24NO3P. The highest BCUT2D eigenvalue weighted by Crippen LogP contribution is 2.51. The molecule has 1 atom stereocenters. The first-order valence-electron chi connectivity index (χ1n) is 7.35. The number of nitrogens with two attached hydrogens (primary N) is 1. The van der Waals surface area contributed by atoms with Gasteiger partial charge in [0.15, 0.2) is 6.35 Å². The normalized spacial score (nSPS) is 19.5. The van der Waals surface area contributed by atoms with Gasteiger partial charge in [0.25, 0.3) is 0 Å². The summed E-state index contributed by atoms with van der Waals surface area (Å²) in [5, 5.41) is 0. The van der Waals surface area contributed by atoms with Crippen molar-refractivity contribution in [1.29, 1.82) is 0 Å². The predicted molar refractivity (Wildman–Crippen MR) is 81.4 cm³/mol. The molecule has 0 aliphatic heterocycles. The lowest BCUT2D eigenvalue weighted by molar-refractivity contribution is 0.335. The summed E-state index contributed by atoms with van der Waals surface area (Å²) in [6.07, 6.45) is 5.76. The van der Waals surface area contributed by atoms with Gasteiger partial charge in [-0.05, 0) is 43.5 Å². The summed E-state index contributed by atoms with van der Waals surface area (Å²) in [4.78, 5) is 10.2. The summed E-state index contributed by atoms with van der Waals surface area (Å²) in [5.41, 5.74) is 6.57. The van der Waals surface area contributed by atoms with E-state index >= 15 is 0 Å². The van der Waals surface area contributed by atoms with Crippen LogP contribution in [0.1, 0.15) is 37.7 Å². The molecule has 0 amide bonds. The zero-order chi connectivity index (χ0) is 14.4. The summed E-state index contributed by atoms with van der Waals surface area (Å²) < 4.78 is 17.8. The highest BCUT2D eigenvalue weighted by Gasteiger charge is 2.32. The molecule has 0 bridgehead atoms. The third-order valence-electron chi connectivity index (χ3n) is 3.92. The fourth-order valence-corrected chi connectivity index (χ4v) is 4.39. The maximum absolute atomic E-state index is 12.3. The van der Waals surface area contributed by atoms with Crippen LogP contribution in [0.25, 0.3) is 0 Å². The molecule has 2 rings (SSSR count). The molecule has 1 aromatic carbocycles. The quantitative estimate of drug-likeness (QED) is 0.791. The van der Waals surface area contributed by atoms with Gasteiger partial charge >= 0.3 is 0 Å². The Balaban J connectivity index is 1.88. The number of benzene rings is 1. The van der Waals surface area contributed by atoms with E-state index in [9.17, 15) is 9.46 Å². The molecule has 3 N–H and O–H groups in total. The zero-order valence-corrected chi connectivity index (χ0v) is 12.7. The molecule has 1 saturated carbocycles. The molecular weight excluding hydrogens is 273 g/mol. The molecule has 0 radical (unpaired) electrons. The number of hydrogen-bond donors (Lipinski definition) is 2. The first-order chi connectivity index (χ1) is 9.62. The average molecular weight is 297 g/mol. The largest absolute Gasteiger partial charge is 0.484 e. The van der Waals surface area contributed by atoms with Gasteiger partial charge in [0.2, 0.25) is 7.37 Å². The summed E-state index contributed by atoms with van der Waals surface area (Å²) in [6.45, 7) is 0.619. The standard InChI is InChI=1S/C15H24NO3P/c16-11-10-13-6-8-14(9-7-13)19-12-20(17,18)15-4-2-1-3-5-15/h6-9,15H,1-5,10-12,16H2,(H,17,18). The summed E-state index contributed by atoms with van der Waals surface area (Å²) in [7, 11) is -3.20. The molecule has 0 heterocycles. The fourth-order valence-electron chi connectivity index (χ4n) is 2.68. The van der Waals surface area contributed by atoms with Gasteiger partial charge in [0.05, 0.1) is 0 Å². The Bertz CT molecular complexity index is 455. The Morgan fingerprint density at radius 3 is 2.45 bits per heavy atom. The van der Waals surface area contributed by atoms with Gasteiger partial charge in [-0.2, -0.15) is 0 Å². The van der Waals surface area contributed by atoms with Crippen LogP contribution in [-0.2, 0) is 11.0 Å². The first kappa shape index (κ1) is 15.6. The van der Waals surface area contributed by atoms with Gasteiger partial charge in [0, 0.05) is 5.66 Å². The van der Waals surface area contributed by atoms with Crippen molar-refractivity contribution < 1.29 is 14.2 Å². The molecule has 20 heavy (non-hydrogen) atoms. The van der Waals surface area contributed by atoms with Crippen LogP contribution in [0.2, 0.25) is 0 Å². The van der Waals surface area contributed by atoms with Crippen molar-refractivity contribution in [3.8, 4) is 5.75 Å². The number of rotatable bonds is 6. The van der Waals surface area contributed by atoms with Crippen molar-refractivity contribution in [2.45, 2.75) is 44.2 Å². The molecule has 1 aliphatic rings. The van der Waals surface area contributed by atoms with E-state index in [-0.39, 0.29) is 12.0 Å². The molecule has 0 saturated heterocycles. The van der Waals surface area contributed by atoms with E-state index in [1.807, 2.05) is 24.3 Å². The van der Waals surface area contributed by atoms with Crippen LogP contribution < -0.4 is 10.5 Å². The minimum atomic E-state index is -3.20. The fraction of sp³-hybridized carbons (Fsp3) is 0.600. The van der Waals surface area contributed by atoms with Gasteiger partial charge in [-0.25, -0.2) is 0 Å². The lowest BCUT2D eigenvalue weighted by Crippen LogP contribution is -2.16. The topological polar surface area (TPSA) is 72.5 Å². The van der Waals surface area contributed by atoms with Crippen LogP contribution in [0.15, 0.2) is 24.3 Å². The second-order valence-electron chi connectivity index (χ2n) is 5.50. The van der Waals surface area contributed by atoms with E-state index in [4.69, 9.17) is 10.5 Å². The monoisotopic (exact) mass is 297 g/mol. The van der Waals surface area contributed by atoms with Crippen LogP contribution in [-0.4, -0.2) is 23.4 Å². The highest BCUT2D eigenvalue weighted by molar-refractivity contribution is 7.58. The third-order valence-corrected chi connectivity index (χ3v) is 6.07. The Labute approximate surface area is 120 Å². The second-order valence-corrected chi connectivity index (χ2v) is 8.00. The molecule has 1 aliphatic carbocycles. The maximum atomic E-state index is 12.3. The van der Waals surface area contributed by atoms with Crippen LogP contribution in [0.3, 0.4) is 0 Å². The van der Waals surface area contributed by atoms with Crippen LogP contribution in [0.5, 0.6) is 5.75 Å². The molecule has 1 fully saturated rings. The molecule has 4 nitrogen and oxygen atoms in total. The Morgan fingerprint density at radius 1 is 1.20 bits per heavy atom. The van der Waals surface area contributed by atoms with Crippen molar-refractivity contribution in [3.63, 3.8) is 0 Å². The summed E-state index contributed by atoms with van der Waals surface area (Å²) in [6, 6.07) is 7.58. The van der Waals surface area contributed by atoms with Crippen LogP contribution in [0, 0.1) is 0 Å². The zero-order valence-electron chi connectivity index (χ0n) is 11.8. The van der Waals surface area contributed by atoms with Crippen molar-refractivity contribution in [2.75, 3.05) is 12.9 Å². The molecule has 5 heteroatoms. The average Bonchev–Trinajstić information content (AvgIpc) is 2.48. The van der Waals surface area contributed by atoms with E-state index in [1.54, 1.807) is 0 Å². The lowest BCUT2D eigenvalue weighted by Gasteiger charge is -2.26.